The molecule has 4 N–H and O–H groups in total. The Morgan fingerprint density at radius 3 is 1.31 bits per heavy atom. The molecule has 8 aromatic carbocycles. The van der Waals surface area contributed by atoms with Gasteiger partial charge in [0, 0.05) is 34.1 Å². The third-order valence-corrected chi connectivity index (χ3v) is 11.7. The number of rotatable bonds is 9. The SMILES string of the molecule is O=C(Nc1cc(C(F)(F)F)cc(C(F)(F)F)c1)c1cc2ccccc2c(N=Nc2ccc(C3Cc4cc(N=Nc5c(O)c(C(=O)Nc6cc(C(F)(F)F)cc(C(F)(F)F)c6)cc6ccccc56)ccc4O3)cc2)c1O. The van der Waals surface area contributed by atoms with E-state index >= 15 is 0 Å². The summed E-state index contributed by atoms with van der Waals surface area (Å²) in [6.07, 6.45) is -20.9. The van der Waals surface area contributed by atoms with Crippen molar-refractivity contribution in [1.82, 2.24) is 0 Å². The number of carbonyl (C=O) groups excluding carboxylic acids is 2. The van der Waals surface area contributed by atoms with Gasteiger partial charge in [0.05, 0.1) is 44.8 Å². The first-order valence-electron chi connectivity index (χ1n) is 21.7. The molecule has 0 radical (unpaired) electrons. The molecule has 1 unspecified atom stereocenters. The molecule has 0 spiro atoms. The minimum atomic E-state index is -5.18. The van der Waals surface area contributed by atoms with Crippen molar-refractivity contribution in [3.8, 4) is 17.2 Å². The number of carbonyl (C=O) groups is 2. The molecule has 0 fully saturated rings. The van der Waals surface area contributed by atoms with Gasteiger partial charge in [0.2, 0.25) is 0 Å². The van der Waals surface area contributed by atoms with E-state index in [0.29, 0.717) is 69.1 Å². The van der Waals surface area contributed by atoms with Gasteiger partial charge in [0.15, 0.2) is 11.5 Å². The Balaban J connectivity index is 0.917. The van der Waals surface area contributed by atoms with Crippen molar-refractivity contribution >= 4 is 67.5 Å². The summed E-state index contributed by atoms with van der Waals surface area (Å²) < 4.78 is 168. The highest BCUT2D eigenvalue weighted by Crippen LogP contribution is 2.45. The van der Waals surface area contributed by atoms with Crippen LogP contribution in [-0.2, 0) is 31.1 Å². The highest BCUT2D eigenvalue weighted by atomic mass is 19.4. The summed E-state index contributed by atoms with van der Waals surface area (Å²) in [5, 5.41) is 44.7. The Bertz CT molecular complexity index is 3590. The molecular weight excluding hydrogens is 1020 g/mol. The van der Waals surface area contributed by atoms with Gasteiger partial charge in [0.1, 0.15) is 23.2 Å². The molecule has 11 nitrogen and oxygen atoms in total. The van der Waals surface area contributed by atoms with Crippen LogP contribution in [0.5, 0.6) is 17.2 Å². The summed E-state index contributed by atoms with van der Waals surface area (Å²) in [4.78, 5) is 26.8. The molecule has 1 atom stereocenters. The second-order valence-electron chi connectivity index (χ2n) is 16.8. The first-order chi connectivity index (χ1) is 35.3. The van der Waals surface area contributed by atoms with Gasteiger partial charge in [-0.3, -0.25) is 9.59 Å². The number of fused-ring (bicyclic) bond motifs is 3. The number of hydrogen-bond donors (Lipinski definition) is 4. The number of phenolic OH excluding ortho intramolecular Hbond substituents is 2. The first-order valence-corrected chi connectivity index (χ1v) is 21.7. The molecular formula is C52H30F12N6O5. The summed E-state index contributed by atoms with van der Waals surface area (Å²) in [7, 11) is 0. The quantitative estimate of drug-likeness (QED) is 0.0836. The van der Waals surface area contributed by atoms with E-state index in [0.717, 1.165) is 0 Å². The van der Waals surface area contributed by atoms with Crippen LogP contribution < -0.4 is 15.4 Å². The molecule has 1 heterocycles. The molecule has 9 rings (SSSR count). The lowest BCUT2D eigenvalue weighted by atomic mass is 10.0. The zero-order valence-corrected chi connectivity index (χ0v) is 37.5. The van der Waals surface area contributed by atoms with Gasteiger partial charge in [-0.2, -0.15) is 62.9 Å². The smallest absolute Gasteiger partial charge is 0.416 e. The number of amides is 2. The van der Waals surface area contributed by atoms with Crippen molar-refractivity contribution in [2.24, 2.45) is 20.5 Å². The van der Waals surface area contributed by atoms with Gasteiger partial charge >= 0.3 is 24.7 Å². The second kappa shape index (κ2) is 19.1. The number of ether oxygens (including phenoxy) is 1. The lowest BCUT2D eigenvalue weighted by Gasteiger charge is -2.15. The Hall–Kier alpha value is -9.02. The standard InChI is InChI=1S/C52H30F12N6O5/c53-49(54,55)29-19-30(50(56,57)58)22-35(21-29)65-47(73)39-16-26-5-1-3-7-37(26)43(45(39)71)69-67-33-11-9-25(10-12-33)42-18-28-15-34(13-14-41(28)75-42)68-70-44-38-8-4-2-6-27(38)17-40(46(44)72)48(74)66-36-23-31(51(59,60)61)20-32(24-36)52(62,63)64/h1-17,19-24,42,71-72H,18H2,(H,65,73)(H,66,74). The van der Waals surface area contributed by atoms with Crippen LogP contribution >= 0.6 is 0 Å². The van der Waals surface area contributed by atoms with Gasteiger partial charge in [-0.25, -0.2) is 0 Å². The monoisotopic (exact) mass is 1050 g/mol. The lowest BCUT2D eigenvalue weighted by Crippen LogP contribution is -2.16. The molecule has 0 bridgehead atoms. The summed E-state index contributed by atoms with van der Waals surface area (Å²) in [5.74, 6) is -3.52. The number of anilines is 2. The molecule has 23 heteroatoms. The van der Waals surface area contributed by atoms with Crippen LogP contribution in [0.1, 0.15) is 60.2 Å². The minimum Gasteiger partial charge on any atom is -0.505 e. The number of nitrogens with one attached hydrogen (secondary N) is 2. The van der Waals surface area contributed by atoms with Gasteiger partial charge < -0.3 is 25.6 Å². The van der Waals surface area contributed by atoms with E-state index in [2.05, 4.69) is 20.5 Å². The van der Waals surface area contributed by atoms with E-state index in [1.807, 2.05) is 10.6 Å². The number of benzene rings is 8. The van der Waals surface area contributed by atoms with E-state index < -0.39 is 98.9 Å². The number of azo groups is 2. The average Bonchev–Trinajstić information content (AvgIpc) is 3.78. The molecule has 0 aromatic heterocycles. The zero-order chi connectivity index (χ0) is 53.8. The number of halogens is 12. The Labute approximate surface area is 413 Å². The number of nitrogens with zero attached hydrogens (tertiary/aromatic N) is 4. The van der Waals surface area contributed by atoms with Crippen molar-refractivity contribution in [1.29, 1.82) is 0 Å². The predicted molar refractivity (Wildman–Crippen MR) is 248 cm³/mol. The molecule has 1 aliphatic heterocycles. The molecule has 75 heavy (non-hydrogen) atoms. The maximum Gasteiger partial charge on any atom is 0.416 e. The van der Waals surface area contributed by atoms with Gasteiger partial charge in [-0.15, -0.1) is 10.2 Å². The van der Waals surface area contributed by atoms with Crippen LogP contribution in [0, 0.1) is 0 Å². The van der Waals surface area contributed by atoms with Gasteiger partial charge in [-0.1, -0.05) is 60.7 Å². The summed E-state index contributed by atoms with van der Waals surface area (Å²) >= 11 is 0. The van der Waals surface area contributed by atoms with Crippen LogP contribution in [-0.4, -0.2) is 22.0 Å². The highest BCUT2D eigenvalue weighted by molar-refractivity contribution is 6.13. The molecule has 0 saturated heterocycles. The van der Waals surface area contributed by atoms with E-state index in [4.69, 9.17) is 4.74 Å². The van der Waals surface area contributed by atoms with E-state index in [9.17, 15) is 72.5 Å². The Kier molecular flexibility index (Phi) is 13.0. The largest absolute Gasteiger partial charge is 0.505 e. The minimum absolute atomic E-state index is 0.0936. The van der Waals surface area contributed by atoms with Crippen molar-refractivity contribution in [2.45, 2.75) is 37.2 Å². The number of alkyl halides is 12. The fourth-order valence-corrected chi connectivity index (χ4v) is 8.09. The van der Waals surface area contributed by atoms with Crippen molar-refractivity contribution < 1.29 is 77.2 Å². The summed E-state index contributed by atoms with van der Waals surface area (Å²) in [5.41, 5.74) is -7.95. The van der Waals surface area contributed by atoms with Gasteiger partial charge in [0.25, 0.3) is 11.8 Å². The van der Waals surface area contributed by atoms with Crippen LogP contribution in [0.25, 0.3) is 21.5 Å². The third kappa shape index (κ3) is 10.9. The second-order valence-corrected chi connectivity index (χ2v) is 16.8. The third-order valence-electron chi connectivity index (χ3n) is 11.7. The highest BCUT2D eigenvalue weighted by Gasteiger charge is 2.39. The number of aromatic hydroxyl groups is 2. The zero-order valence-electron chi connectivity index (χ0n) is 37.5. The first kappa shape index (κ1) is 50.9. The lowest BCUT2D eigenvalue weighted by molar-refractivity contribution is -0.144. The fourth-order valence-electron chi connectivity index (χ4n) is 8.09. The maximum atomic E-state index is 13.5. The molecule has 1 aliphatic rings. The number of hydrogen-bond acceptors (Lipinski definition) is 9. The van der Waals surface area contributed by atoms with Crippen molar-refractivity contribution in [2.75, 3.05) is 10.6 Å². The number of phenols is 2. The normalized spacial score (nSPS) is 14.2. The summed E-state index contributed by atoms with van der Waals surface area (Å²) in [6.45, 7) is 0. The molecule has 2 amide bonds. The Morgan fingerprint density at radius 2 is 0.880 bits per heavy atom. The maximum absolute atomic E-state index is 13.5. The average molecular weight is 1050 g/mol. The van der Waals surface area contributed by atoms with Crippen LogP contribution in [0.2, 0.25) is 0 Å². The molecule has 0 aliphatic carbocycles. The van der Waals surface area contributed by atoms with Crippen LogP contribution in [0.15, 0.2) is 160 Å². The molecule has 0 saturated carbocycles. The van der Waals surface area contributed by atoms with E-state index in [1.165, 1.54) is 24.3 Å². The van der Waals surface area contributed by atoms with Crippen LogP contribution in [0.3, 0.4) is 0 Å². The molecule has 382 valence electrons. The van der Waals surface area contributed by atoms with Crippen LogP contribution in [0.4, 0.5) is 86.8 Å². The van der Waals surface area contributed by atoms with E-state index in [-0.39, 0.29) is 34.9 Å². The predicted octanol–water partition coefficient (Wildman–Crippen LogP) is 16.5. The van der Waals surface area contributed by atoms with E-state index in [1.54, 1.807) is 78.9 Å². The van der Waals surface area contributed by atoms with Gasteiger partial charge in [-0.05, 0) is 95.2 Å². The van der Waals surface area contributed by atoms with Crippen molar-refractivity contribution in [3.63, 3.8) is 0 Å². The molecule has 8 aromatic rings. The topological polar surface area (TPSA) is 157 Å². The fraction of sp³-hybridized carbons (Fsp3) is 0.115. The Morgan fingerprint density at radius 1 is 0.480 bits per heavy atom. The van der Waals surface area contributed by atoms with Crippen molar-refractivity contribution in [3.05, 3.63) is 184 Å². The summed E-state index contributed by atoms with van der Waals surface area (Å²) in [6, 6.07) is 27.3.